The number of ether oxygens (including phenoxy) is 1. The Morgan fingerprint density at radius 2 is 2.67 bits per heavy atom. The van der Waals surface area contributed by atoms with Crippen LogP contribution in [0.4, 0.5) is 0 Å². The number of hydrogen-bond acceptors (Lipinski definition) is 3. The molecule has 2 aliphatic rings. The molecule has 1 fully saturated rings. The number of nitrogens with one attached hydrogen (secondary N) is 1. The first-order valence-corrected chi connectivity index (χ1v) is 3.01. The molecule has 48 valence electrons. The smallest absolute Gasteiger partial charge is 0.111 e. The Bertz CT molecular complexity index is 174. The molecule has 0 bridgehead atoms. The highest BCUT2D eigenvalue weighted by molar-refractivity contribution is 5.08. The average molecular weight is 124 g/mol. The summed E-state index contributed by atoms with van der Waals surface area (Å²) in [5.74, 6) is 0. The van der Waals surface area contributed by atoms with Crippen LogP contribution in [-0.2, 0) is 4.74 Å². The number of hydrogen-bond donors (Lipinski definition) is 1. The first kappa shape index (κ1) is 4.88. The summed E-state index contributed by atoms with van der Waals surface area (Å²) in [4.78, 5) is 0. The van der Waals surface area contributed by atoms with Gasteiger partial charge in [-0.15, -0.1) is 0 Å². The predicted octanol–water partition coefficient (Wildman–Crippen LogP) is 0.540. The molecular weight excluding hydrogens is 116 g/mol. The molecule has 0 atom stereocenters. The summed E-state index contributed by atoms with van der Waals surface area (Å²) in [5.41, 5.74) is 4.36. The minimum atomic E-state index is 1.01. The van der Waals surface area contributed by atoms with Gasteiger partial charge >= 0.3 is 0 Å². The monoisotopic (exact) mass is 124 g/mol. The Hall–Kier alpha value is -0.960. The summed E-state index contributed by atoms with van der Waals surface area (Å²) in [6.07, 6.45) is 6.36. The number of nitrogens with zero attached hydrogens (tertiary/aromatic N) is 1. The van der Waals surface area contributed by atoms with Crippen LogP contribution in [0, 0.1) is 0 Å². The zero-order valence-corrected chi connectivity index (χ0v) is 5.00. The maximum Gasteiger partial charge on any atom is 0.111 e. The molecular formula is C6H8N2O. The molecule has 1 N–H and O–H groups in total. The molecule has 0 aromatic carbocycles. The third kappa shape index (κ3) is 0.695. The van der Waals surface area contributed by atoms with Gasteiger partial charge in [0.25, 0.3) is 0 Å². The minimum absolute atomic E-state index is 1.01. The molecule has 0 spiro atoms. The van der Waals surface area contributed by atoms with Gasteiger partial charge in [0.05, 0.1) is 11.9 Å². The van der Waals surface area contributed by atoms with Gasteiger partial charge in [-0.1, -0.05) is 0 Å². The molecule has 1 saturated heterocycles. The summed E-state index contributed by atoms with van der Waals surface area (Å²) in [6.45, 7) is 1.01. The van der Waals surface area contributed by atoms with Crippen LogP contribution in [0.2, 0.25) is 0 Å². The van der Waals surface area contributed by atoms with Gasteiger partial charge in [0.15, 0.2) is 0 Å². The minimum Gasteiger partial charge on any atom is -0.469 e. The Balaban J connectivity index is 2.22. The highest BCUT2D eigenvalue weighted by Gasteiger charge is 2.15. The zero-order chi connectivity index (χ0) is 6.10. The molecule has 0 radical (unpaired) electrons. The van der Waals surface area contributed by atoms with Gasteiger partial charge in [-0.3, -0.25) is 5.01 Å². The van der Waals surface area contributed by atoms with Gasteiger partial charge in [0, 0.05) is 13.0 Å². The zero-order valence-electron chi connectivity index (χ0n) is 5.00. The van der Waals surface area contributed by atoms with E-state index < -0.39 is 0 Å². The second-order valence-corrected chi connectivity index (χ2v) is 2.06. The van der Waals surface area contributed by atoms with Gasteiger partial charge < -0.3 is 4.74 Å². The maximum atomic E-state index is 4.96. The van der Waals surface area contributed by atoms with Gasteiger partial charge in [-0.05, 0) is 0 Å². The Labute approximate surface area is 53.6 Å². The number of hydrazine groups is 1. The van der Waals surface area contributed by atoms with E-state index in [-0.39, 0.29) is 0 Å². The SMILES string of the molecule is C1=CN2NCCC2=CO1. The van der Waals surface area contributed by atoms with E-state index in [1.165, 1.54) is 5.70 Å². The fourth-order valence-electron chi connectivity index (χ4n) is 1.00. The quantitative estimate of drug-likeness (QED) is 0.510. The van der Waals surface area contributed by atoms with Crippen LogP contribution < -0.4 is 5.43 Å². The Morgan fingerprint density at radius 3 is 3.56 bits per heavy atom. The van der Waals surface area contributed by atoms with Crippen molar-refractivity contribution in [2.75, 3.05) is 6.54 Å². The van der Waals surface area contributed by atoms with Crippen molar-refractivity contribution in [1.82, 2.24) is 10.4 Å². The van der Waals surface area contributed by atoms with E-state index in [0.29, 0.717) is 0 Å². The molecule has 0 unspecified atom stereocenters. The van der Waals surface area contributed by atoms with Crippen molar-refractivity contribution in [2.45, 2.75) is 6.42 Å². The largest absolute Gasteiger partial charge is 0.469 e. The van der Waals surface area contributed by atoms with Crippen molar-refractivity contribution in [2.24, 2.45) is 0 Å². The summed E-state index contributed by atoms with van der Waals surface area (Å²) in [7, 11) is 0. The van der Waals surface area contributed by atoms with Crippen LogP contribution in [0.3, 0.4) is 0 Å². The lowest BCUT2D eigenvalue weighted by Crippen LogP contribution is -2.24. The molecule has 0 aliphatic carbocycles. The van der Waals surface area contributed by atoms with Crippen molar-refractivity contribution >= 4 is 0 Å². The summed E-state index contributed by atoms with van der Waals surface area (Å²) >= 11 is 0. The van der Waals surface area contributed by atoms with E-state index in [0.717, 1.165) is 13.0 Å². The molecule has 0 aromatic rings. The van der Waals surface area contributed by atoms with E-state index in [9.17, 15) is 0 Å². The maximum absolute atomic E-state index is 4.96. The Morgan fingerprint density at radius 1 is 1.67 bits per heavy atom. The first-order chi connectivity index (χ1) is 4.47. The lowest BCUT2D eigenvalue weighted by atomic mass is 10.3. The topological polar surface area (TPSA) is 24.5 Å². The van der Waals surface area contributed by atoms with E-state index in [1.807, 2.05) is 11.2 Å². The van der Waals surface area contributed by atoms with Gasteiger partial charge in [0.1, 0.15) is 12.5 Å². The molecule has 3 heteroatoms. The van der Waals surface area contributed by atoms with E-state index in [2.05, 4.69) is 5.43 Å². The first-order valence-electron chi connectivity index (χ1n) is 3.01. The third-order valence-corrected chi connectivity index (χ3v) is 1.47. The standard InChI is InChI=1S/C6H8N2O/c1-2-7-8-3-4-9-5-6(1)8/h3-5,7H,1-2H2. The molecule has 2 heterocycles. The van der Waals surface area contributed by atoms with Crippen LogP contribution in [-0.4, -0.2) is 11.6 Å². The van der Waals surface area contributed by atoms with Crippen molar-refractivity contribution in [3.63, 3.8) is 0 Å². The van der Waals surface area contributed by atoms with Crippen LogP contribution in [0.15, 0.2) is 24.4 Å². The highest BCUT2D eigenvalue weighted by atomic mass is 16.5. The normalized spacial score (nSPS) is 23.1. The molecule has 3 nitrogen and oxygen atoms in total. The average Bonchev–Trinajstić information content (AvgIpc) is 2.33. The lowest BCUT2D eigenvalue weighted by molar-refractivity contribution is 0.309. The Kier molecular flexibility index (Phi) is 0.960. The second-order valence-electron chi connectivity index (χ2n) is 2.06. The molecule has 0 aromatic heterocycles. The van der Waals surface area contributed by atoms with Crippen molar-refractivity contribution in [1.29, 1.82) is 0 Å². The summed E-state index contributed by atoms with van der Waals surface area (Å²) < 4.78 is 4.96. The molecule has 0 amide bonds. The van der Waals surface area contributed by atoms with Crippen molar-refractivity contribution < 1.29 is 4.74 Å². The van der Waals surface area contributed by atoms with Gasteiger partial charge in [-0.2, -0.15) is 0 Å². The predicted molar refractivity (Wildman–Crippen MR) is 32.8 cm³/mol. The molecule has 0 saturated carbocycles. The number of fused-ring (bicyclic) bond motifs is 1. The highest BCUT2D eigenvalue weighted by Crippen LogP contribution is 2.16. The van der Waals surface area contributed by atoms with Crippen LogP contribution in [0.5, 0.6) is 0 Å². The molecule has 9 heavy (non-hydrogen) atoms. The van der Waals surface area contributed by atoms with Crippen LogP contribution >= 0.6 is 0 Å². The fraction of sp³-hybridized carbons (Fsp3) is 0.333. The number of rotatable bonds is 0. The molecule has 2 aliphatic heterocycles. The van der Waals surface area contributed by atoms with Crippen LogP contribution in [0.1, 0.15) is 6.42 Å². The van der Waals surface area contributed by atoms with E-state index >= 15 is 0 Å². The fourth-order valence-corrected chi connectivity index (χ4v) is 1.00. The second kappa shape index (κ2) is 1.77. The van der Waals surface area contributed by atoms with Crippen LogP contribution in [0.25, 0.3) is 0 Å². The lowest BCUT2D eigenvalue weighted by Gasteiger charge is -2.16. The van der Waals surface area contributed by atoms with Gasteiger partial charge in [0.2, 0.25) is 0 Å². The molecule has 2 rings (SSSR count). The summed E-state index contributed by atoms with van der Waals surface area (Å²) in [6, 6.07) is 0. The van der Waals surface area contributed by atoms with E-state index in [4.69, 9.17) is 4.74 Å². The summed E-state index contributed by atoms with van der Waals surface area (Å²) in [5, 5.41) is 1.98. The van der Waals surface area contributed by atoms with Gasteiger partial charge in [-0.25, -0.2) is 5.43 Å². The van der Waals surface area contributed by atoms with Crippen molar-refractivity contribution in [3.05, 3.63) is 24.4 Å². The van der Waals surface area contributed by atoms with Crippen molar-refractivity contribution in [3.8, 4) is 0 Å². The third-order valence-electron chi connectivity index (χ3n) is 1.47. The van der Waals surface area contributed by atoms with E-state index in [1.54, 1.807) is 12.5 Å².